The first-order chi connectivity index (χ1) is 8.83. The Morgan fingerprint density at radius 2 is 2.21 bits per heavy atom. The van der Waals surface area contributed by atoms with Gasteiger partial charge in [-0.15, -0.1) is 0 Å². The normalized spacial score (nSPS) is 11.7. The SMILES string of the molecule is CS(=O)(=O)CCC(=O)Nc1nc2ccc(Cl)cc2s1. The second-order valence-corrected chi connectivity index (χ2v) is 7.79. The maximum Gasteiger partial charge on any atom is 0.227 e. The van der Waals surface area contributed by atoms with Crippen LogP contribution in [0.15, 0.2) is 18.2 Å². The zero-order valence-corrected chi connectivity index (χ0v) is 12.4. The highest BCUT2D eigenvalue weighted by Crippen LogP contribution is 2.28. The van der Waals surface area contributed by atoms with Crippen LogP contribution in [-0.4, -0.2) is 31.3 Å². The van der Waals surface area contributed by atoms with Crippen molar-refractivity contribution in [2.45, 2.75) is 6.42 Å². The van der Waals surface area contributed by atoms with E-state index in [4.69, 9.17) is 11.6 Å². The number of thiazole rings is 1. The summed E-state index contributed by atoms with van der Waals surface area (Å²) in [5.74, 6) is -0.536. The lowest BCUT2D eigenvalue weighted by molar-refractivity contribution is -0.115. The molecule has 0 aliphatic carbocycles. The van der Waals surface area contributed by atoms with E-state index in [0.717, 1.165) is 16.5 Å². The standard InChI is InChI=1S/C11H11ClN2O3S2/c1-19(16,17)5-4-10(15)14-11-13-8-3-2-7(12)6-9(8)18-11/h2-3,6H,4-5H2,1H3,(H,13,14,15). The number of carbonyl (C=O) groups is 1. The molecule has 0 unspecified atom stereocenters. The molecule has 1 amide bonds. The summed E-state index contributed by atoms with van der Waals surface area (Å²) in [5, 5.41) is 3.63. The molecule has 1 heterocycles. The van der Waals surface area contributed by atoms with Crippen molar-refractivity contribution in [3.63, 3.8) is 0 Å². The molecular formula is C11H11ClN2O3S2. The average molecular weight is 319 g/mol. The first-order valence-corrected chi connectivity index (χ1v) is 8.63. The third-order valence-electron chi connectivity index (χ3n) is 2.30. The fourth-order valence-corrected chi connectivity index (χ4v) is 3.13. The lowest BCUT2D eigenvalue weighted by Gasteiger charge is -1.99. The summed E-state index contributed by atoms with van der Waals surface area (Å²) in [4.78, 5) is 15.8. The van der Waals surface area contributed by atoms with E-state index in [1.54, 1.807) is 18.2 Å². The predicted molar refractivity (Wildman–Crippen MR) is 77.6 cm³/mol. The molecule has 0 aliphatic rings. The van der Waals surface area contributed by atoms with Gasteiger partial charge in [-0.3, -0.25) is 4.79 Å². The van der Waals surface area contributed by atoms with Crippen molar-refractivity contribution >= 4 is 54.0 Å². The minimum atomic E-state index is -3.14. The van der Waals surface area contributed by atoms with Gasteiger partial charge >= 0.3 is 0 Å². The summed E-state index contributed by atoms with van der Waals surface area (Å²) >= 11 is 7.15. The maximum atomic E-state index is 11.6. The minimum Gasteiger partial charge on any atom is -0.302 e. The first-order valence-electron chi connectivity index (χ1n) is 5.37. The van der Waals surface area contributed by atoms with Crippen LogP contribution in [-0.2, 0) is 14.6 Å². The van der Waals surface area contributed by atoms with E-state index in [-0.39, 0.29) is 18.1 Å². The quantitative estimate of drug-likeness (QED) is 0.938. The molecule has 0 spiro atoms. The van der Waals surface area contributed by atoms with Gasteiger partial charge in [0.25, 0.3) is 0 Å². The molecule has 1 N–H and O–H groups in total. The summed E-state index contributed by atoms with van der Waals surface area (Å²) in [6.07, 6.45) is 1.02. The predicted octanol–water partition coefficient (Wildman–Crippen LogP) is 2.32. The van der Waals surface area contributed by atoms with Gasteiger partial charge in [0.05, 0.1) is 16.0 Å². The van der Waals surface area contributed by atoms with E-state index in [2.05, 4.69) is 10.3 Å². The van der Waals surface area contributed by atoms with Crippen LogP contribution in [0, 0.1) is 0 Å². The molecule has 1 aromatic heterocycles. The number of halogens is 1. The molecule has 1 aromatic carbocycles. The zero-order valence-electron chi connectivity index (χ0n) is 10.0. The summed E-state index contributed by atoms with van der Waals surface area (Å²) in [5.41, 5.74) is 0.743. The number of carbonyl (C=O) groups excluding carboxylic acids is 1. The van der Waals surface area contributed by atoms with Gasteiger partial charge in [0.1, 0.15) is 9.84 Å². The Kier molecular flexibility index (Phi) is 4.07. The molecule has 0 radical (unpaired) electrons. The highest BCUT2D eigenvalue weighted by atomic mass is 35.5. The number of nitrogens with one attached hydrogen (secondary N) is 1. The number of sulfone groups is 1. The molecule has 0 aliphatic heterocycles. The van der Waals surface area contributed by atoms with Gasteiger partial charge in [0, 0.05) is 17.7 Å². The Bertz CT molecular complexity index is 725. The number of rotatable bonds is 4. The van der Waals surface area contributed by atoms with Crippen LogP contribution in [0.5, 0.6) is 0 Å². The fraction of sp³-hybridized carbons (Fsp3) is 0.273. The second kappa shape index (κ2) is 5.44. The van der Waals surface area contributed by atoms with Crippen LogP contribution in [0.1, 0.15) is 6.42 Å². The molecule has 0 atom stereocenters. The smallest absolute Gasteiger partial charge is 0.227 e. The van der Waals surface area contributed by atoms with Crippen LogP contribution in [0.3, 0.4) is 0 Å². The number of nitrogens with zero attached hydrogens (tertiary/aromatic N) is 1. The molecule has 0 bridgehead atoms. The minimum absolute atomic E-state index is 0.0739. The number of fused-ring (bicyclic) bond motifs is 1. The Morgan fingerprint density at radius 1 is 1.47 bits per heavy atom. The lowest BCUT2D eigenvalue weighted by atomic mass is 10.3. The Morgan fingerprint density at radius 3 is 2.89 bits per heavy atom. The van der Waals surface area contributed by atoms with Crippen molar-refractivity contribution in [2.75, 3.05) is 17.3 Å². The molecule has 0 fully saturated rings. The highest BCUT2D eigenvalue weighted by Gasteiger charge is 2.11. The number of benzene rings is 1. The van der Waals surface area contributed by atoms with Crippen LogP contribution in [0.25, 0.3) is 10.2 Å². The molecule has 19 heavy (non-hydrogen) atoms. The summed E-state index contributed by atoms with van der Waals surface area (Å²) in [7, 11) is -3.14. The van der Waals surface area contributed by atoms with E-state index in [0.29, 0.717) is 10.2 Å². The summed E-state index contributed by atoms with van der Waals surface area (Å²) in [6, 6.07) is 5.25. The van der Waals surface area contributed by atoms with Crippen LogP contribution in [0.4, 0.5) is 5.13 Å². The summed E-state index contributed by atoms with van der Waals surface area (Å²) in [6.45, 7) is 0. The van der Waals surface area contributed by atoms with Gasteiger partial charge in [0.2, 0.25) is 5.91 Å². The highest BCUT2D eigenvalue weighted by molar-refractivity contribution is 7.90. The number of aromatic nitrogens is 1. The number of amides is 1. The van der Waals surface area contributed by atoms with Crippen molar-refractivity contribution in [3.05, 3.63) is 23.2 Å². The van der Waals surface area contributed by atoms with Gasteiger partial charge in [-0.05, 0) is 18.2 Å². The monoisotopic (exact) mass is 318 g/mol. The van der Waals surface area contributed by atoms with Crippen molar-refractivity contribution in [1.82, 2.24) is 4.98 Å². The Labute approximate surface area is 119 Å². The molecular weight excluding hydrogens is 308 g/mol. The van der Waals surface area contributed by atoms with Crippen molar-refractivity contribution in [3.8, 4) is 0 Å². The Hall–Kier alpha value is -1.18. The number of hydrogen-bond donors (Lipinski definition) is 1. The van der Waals surface area contributed by atoms with E-state index in [1.807, 2.05) is 0 Å². The molecule has 0 saturated heterocycles. The van der Waals surface area contributed by atoms with Crippen molar-refractivity contribution in [2.24, 2.45) is 0 Å². The van der Waals surface area contributed by atoms with E-state index in [9.17, 15) is 13.2 Å². The molecule has 0 saturated carbocycles. The van der Waals surface area contributed by atoms with E-state index < -0.39 is 9.84 Å². The molecule has 8 heteroatoms. The van der Waals surface area contributed by atoms with Gasteiger partial charge in [-0.2, -0.15) is 0 Å². The average Bonchev–Trinajstić information content (AvgIpc) is 2.66. The van der Waals surface area contributed by atoms with Gasteiger partial charge in [-0.1, -0.05) is 22.9 Å². The molecule has 2 aromatic rings. The van der Waals surface area contributed by atoms with E-state index >= 15 is 0 Å². The van der Waals surface area contributed by atoms with Crippen molar-refractivity contribution < 1.29 is 13.2 Å². The topological polar surface area (TPSA) is 76.1 Å². The molecule has 2 rings (SSSR count). The van der Waals surface area contributed by atoms with Crippen LogP contribution >= 0.6 is 22.9 Å². The van der Waals surface area contributed by atoms with Crippen molar-refractivity contribution in [1.29, 1.82) is 0 Å². The van der Waals surface area contributed by atoms with Crippen LogP contribution in [0.2, 0.25) is 5.02 Å². The third-order valence-corrected chi connectivity index (χ3v) is 4.41. The van der Waals surface area contributed by atoms with Gasteiger partial charge in [-0.25, -0.2) is 13.4 Å². The number of anilines is 1. The largest absolute Gasteiger partial charge is 0.302 e. The Balaban J connectivity index is 2.07. The van der Waals surface area contributed by atoms with Gasteiger partial charge < -0.3 is 5.32 Å². The van der Waals surface area contributed by atoms with E-state index in [1.165, 1.54) is 11.3 Å². The zero-order chi connectivity index (χ0) is 14.0. The second-order valence-electron chi connectivity index (χ2n) is 4.06. The van der Waals surface area contributed by atoms with Gasteiger partial charge in [0.15, 0.2) is 5.13 Å². The molecule has 5 nitrogen and oxygen atoms in total. The molecule has 102 valence electrons. The summed E-state index contributed by atoms with van der Waals surface area (Å²) < 4.78 is 22.8. The first kappa shape index (κ1) is 14.2. The lowest BCUT2D eigenvalue weighted by Crippen LogP contribution is -2.16. The fourth-order valence-electron chi connectivity index (χ4n) is 1.41. The third kappa shape index (κ3) is 4.15. The number of hydrogen-bond acceptors (Lipinski definition) is 5. The van der Waals surface area contributed by atoms with Crippen LogP contribution < -0.4 is 5.32 Å². The maximum absolute atomic E-state index is 11.6.